The van der Waals surface area contributed by atoms with E-state index in [4.69, 9.17) is 9.47 Å². The number of rotatable bonds is 33. The normalized spacial score (nSPS) is 19.6. The molecule has 0 spiro atoms. The molecule has 340 valence electrons. The first kappa shape index (κ1) is 52.2. The summed E-state index contributed by atoms with van der Waals surface area (Å²) in [4.78, 5) is 42.3. The van der Waals surface area contributed by atoms with Gasteiger partial charge in [-0.2, -0.15) is 0 Å². The molecule has 0 bridgehead atoms. The Balaban J connectivity index is 2.12. The Morgan fingerprint density at radius 1 is 0.729 bits per heavy atom. The number of nitrogens with one attached hydrogen (secondary N) is 3. The molecule has 0 aromatic heterocycles. The third-order valence-electron chi connectivity index (χ3n) is 11.4. The quantitative estimate of drug-likeness (QED) is 0.0382. The Bertz CT molecular complexity index is 1220. The predicted octanol–water partition coefficient (Wildman–Crippen LogP) is 8.88. The smallest absolute Gasteiger partial charge is 0.408 e. The molecule has 2 rings (SSSR count). The van der Waals surface area contributed by atoms with Crippen molar-refractivity contribution < 1.29 is 39.2 Å². The lowest BCUT2D eigenvalue weighted by Gasteiger charge is -2.47. The first-order valence-electron chi connectivity index (χ1n) is 23.6. The van der Waals surface area contributed by atoms with Crippen molar-refractivity contribution in [3.05, 3.63) is 35.9 Å². The number of hydrogen-bond acceptors (Lipinski definition) is 8. The van der Waals surface area contributed by atoms with E-state index in [0.717, 1.165) is 44.1 Å². The largest absolute Gasteiger partial charge is 0.445 e. The second-order valence-corrected chi connectivity index (χ2v) is 17.1. The van der Waals surface area contributed by atoms with Crippen molar-refractivity contribution in [2.45, 2.75) is 219 Å². The van der Waals surface area contributed by atoms with Crippen LogP contribution in [0.1, 0.15) is 181 Å². The fourth-order valence-corrected chi connectivity index (χ4v) is 7.77. The summed E-state index contributed by atoms with van der Waals surface area (Å²) in [7, 11) is 0. The van der Waals surface area contributed by atoms with E-state index in [9.17, 15) is 29.7 Å². The van der Waals surface area contributed by atoms with E-state index in [0.29, 0.717) is 19.5 Å². The molecule has 6 N–H and O–H groups in total. The number of nitrogens with zero attached hydrogens (tertiary/aromatic N) is 1. The Hall–Kier alpha value is -2.93. The summed E-state index contributed by atoms with van der Waals surface area (Å²) in [5, 5.41) is 41.1. The summed E-state index contributed by atoms with van der Waals surface area (Å²) in [5.74, 6) is -0.606. The number of amides is 4. The lowest BCUT2D eigenvalue weighted by molar-refractivity contribution is -0.224. The summed E-state index contributed by atoms with van der Waals surface area (Å²) in [6, 6.07) is 6.53. The zero-order chi connectivity index (χ0) is 43.1. The van der Waals surface area contributed by atoms with E-state index >= 15 is 0 Å². The van der Waals surface area contributed by atoms with Gasteiger partial charge in [-0.3, -0.25) is 9.69 Å². The predicted molar refractivity (Wildman–Crippen MR) is 236 cm³/mol. The number of carbonyl (C=O) groups is 3. The van der Waals surface area contributed by atoms with E-state index < -0.39 is 61.3 Å². The molecule has 12 heteroatoms. The van der Waals surface area contributed by atoms with Crippen LogP contribution in [0, 0.1) is 5.92 Å². The van der Waals surface area contributed by atoms with Crippen molar-refractivity contribution >= 4 is 18.0 Å². The van der Waals surface area contributed by atoms with Crippen LogP contribution in [0.5, 0.6) is 0 Å². The molecule has 1 aliphatic heterocycles. The number of ether oxygens (including phenoxy) is 2. The maximum absolute atomic E-state index is 14.0. The van der Waals surface area contributed by atoms with Gasteiger partial charge in [0.05, 0.1) is 6.61 Å². The van der Waals surface area contributed by atoms with E-state index in [2.05, 4.69) is 29.8 Å². The lowest BCUT2D eigenvalue weighted by Crippen LogP contribution is -2.70. The lowest BCUT2D eigenvalue weighted by atomic mass is 9.94. The second kappa shape index (κ2) is 32.8. The number of benzene rings is 1. The number of unbranched alkanes of at least 4 members (excludes halogenated alkanes) is 20. The zero-order valence-electron chi connectivity index (χ0n) is 37.4. The van der Waals surface area contributed by atoms with Crippen LogP contribution in [-0.4, -0.2) is 94.6 Å². The first-order chi connectivity index (χ1) is 28.6. The highest BCUT2D eigenvalue weighted by Gasteiger charge is 2.48. The standard InChI is InChI=1S/C47H84N4O8/c1-5-7-9-11-13-15-17-18-20-22-24-29-33-51(46(56)48-32-28-23-21-19-16-14-12-10-8-6-2)45-41(43(54)42(53)40(35-52)59-45)50-44(55)39(34-37(3)4)49-47(57)58-36-38-30-26-25-27-31-38/h25-27,30-31,37,39-43,45,52-54H,5-24,28-29,32-36H2,1-4H3,(H,48,56)(H,49,57)(H,50,55)/t39-,40+,41+,42+,43+,45+/m0/s1. The minimum Gasteiger partial charge on any atom is -0.445 e. The molecule has 1 fully saturated rings. The summed E-state index contributed by atoms with van der Waals surface area (Å²) in [5.41, 5.74) is 0.796. The van der Waals surface area contributed by atoms with Crippen LogP contribution in [0.2, 0.25) is 0 Å². The van der Waals surface area contributed by atoms with Crippen molar-refractivity contribution in [2.24, 2.45) is 5.92 Å². The fraction of sp³-hybridized carbons (Fsp3) is 0.809. The number of hydrogen-bond donors (Lipinski definition) is 6. The second-order valence-electron chi connectivity index (χ2n) is 17.1. The molecule has 1 saturated heterocycles. The average molecular weight is 833 g/mol. The molecule has 59 heavy (non-hydrogen) atoms. The molecule has 0 unspecified atom stereocenters. The average Bonchev–Trinajstić information content (AvgIpc) is 3.22. The van der Waals surface area contributed by atoms with E-state index in [1.807, 2.05) is 44.2 Å². The molecule has 4 amide bonds. The van der Waals surface area contributed by atoms with Crippen LogP contribution >= 0.6 is 0 Å². The van der Waals surface area contributed by atoms with E-state index in [1.54, 1.807) is 0 Å². The number of carbonyl (C=O) groups excluding carboxylic acids is 3. The first-order valence-corrected chi connectivity index (χ1v) is 23.6. The highest BCUT2D eigenvalue weighted by molar-refractivity contribution is 5.86. The number of urea groups is 1. The fourth-order valence-electron chi connectivity index (χ4n) is 7.77. The van der Waals surface area contributed by atoms with E-state index in [1.165, 1.54) is 101 Å². The Kier molecular flexibility index (Phi) is 29.0. The highest BCUT2D eigenvalue weighted by atomic mass is 16.6. The van der Waals surface area contributed by atoms with Gasteiger partial charge in [0.2, 0.25) is 5.91 Å². The molecular weight excluding hydrogens is 749 g/mol. The van der Waals surface area contributed by atoms with Crippen LogP contribution in [-0.2, 0) is 20.9 Å². The van der Waals surface area contributed by atoms with Gasteiger partial charge in [-0.05, 0) is 30.7 Å². The monoisotopic (exact) mass is 833 g/mol. The molecule has 0 aliphatic carbocycles. The van der Waals surface area contributed by atoms with Crippen molar-refractivity contribution in [3.63, 3.8) is 0 Å². The third kappa shape index (κ3) is 22.5. The Morgan fingerprint density at radius 2 is 1.24 bits per heavy atom. The van der Waals surface area contributed by atoms with Crippen molar-refractivity contribution in [3.8, 4) is 0 Å². The molecule has 12 nitrogen and oxygen atoms in total. The number of alkyl carbamates (subject to hydrolysis) is 1. The van der Waals surface area contributed by atoms with Gasteiger partial charge < -0.3 is 40.7 Å². The SMILES string of the molecule is CCCCCCCCCCCCCCN(C(=O)NCCCCCCCCCCCC)[C@@H]1O[C@H](CO)[C@@H](O)[C@H](O)[C@H]1NC(=O)[C@H](CC(C)C)NC(=O)OCc1ccccc1. The molecule has 1 heterocycles. The van der Waals surface area contributed by atoms with Gasteiger partial charge in [0, 0.05) is 13.1 Å². The zero-order valence-corrected chi connectivity index (χ0v) is 37.4. The van der Waals surface area contributed by atoms with Crippen molar-refractivity contribution in [1.29, 1.82) is 0 Å². The summed E-state index contributed by atoms with van der Waals surface area (Å²) in [6.45, 7) is 8.50. The highest BCUT2D eigenvalue weighted by Crippen LogP contribution is 2.26. The molecule has 1 aromatic rings. The maximum atomic E-state index is 14.0. The topological polar surface area (TPSA) is 170 Å². The van der Waals surface area contributed by atoms with Gasteiger partial charge >= 0.3 is 12.1 Å². The van der Waals surface area contributed by atoms with Gasteiger partial charge in [0.15, 0.2) is 6.23 Å². The van der Waals surface area contributed by atoms with E-state index in [-0.39, 0.29) is 18.9 Å². The summed E-state index contributed by atoms with van der Waals surface area (Å²) in [6.07, 6.45) is 19.7. The molecule has 0 radical (unpaired) electrons. The molecule has 0 saturated carbocycles. The van der Waals surface area contributed by atoms with Crippen LogP contribution in [0.4, 0.5) is 9.59 Å². The molecule has 1 aromatic carbocycles. The molecular formula is C47H84N4O8. The number of aliphatic hydroxyl groups excluding tert-OH is 3. The van der Waals surface area contributed by atoms with Crippen molar-refractivity contribution in [2.75, 3.05) is 19.7 Å². The molecule has 1 aliphatic rings. The van der Waals surface area contributed by atoms with Crippen LogP contribution in [0.25, 0.3) is 0 Å². The van der Waals surface area contributed by atoms with Crippen molar-refractivity contribution in [1.82, 2.24) is 20.9 Å². The van der Waals surface area contributed by atoms with Crippen LogP contribution in [0.3, 0.4) is 0 Å². The van der Waals surface area contributed by atoms with Gasteiger partial charge in [0.25, 0.3) is 0 Å². The molecule has 6 atom stereocenters. The van der Waals surface area contributed by atoms with Gasteiger partial charge in [-0.25, -0.2) is 9.59 Å². The number of aliphatic hydroxyl groups is 3. The van der Waals surface area contributed by atoms with Gasteiger partial charge in [0.1, 0.15) is 37.0 Å². The Morgan fingerprint density at radius 3 is 1.75 bits per heavy atom. The van der Waals surface area contributed by atoms with Gasteiger partial charge in [-0.1, -0.05) is 186 Å². The summed E-state index contributed by atoms with van der Waals surface area (Å²) >= 11 is 0. The van der Waals surface area contributed by atoms with Gasteiger partial charge in [-0.15, -0.1) is 0 Å². The summed E-state index contributed by atoms with van der Waals surface area (Å²) < 4.78 is 11.6. The maximum Gasteiger partial charge on any atom is 0.408 e. The minimum atomic E-state index is -1.57. The van der Waals surface area contributed by atoms with Crippen LogP contribution in [0.15, 0.2) is 30.3 Å². The Labute approximate surface area is 357 Å². The minimum absolute atomic E-state index is 0.00623. The third-order valence-corrected chi connectivity index (χ3v) is 11.4. The van der Waals surface area contributed by atoms with Crippen LogP contribution < -0.4 is 16.0 Å².